The van der Waals surface area contributed by atoms with E-state index in [-0.39, 0.29) is 0 Å². The maximum Gasteiger partial charge on any atom is 0.191 e. The topological polar surface area (TPSA) is 76.1 Å². The van der Waals surface area contributed by atoms with Gasteiger partial charge in [-0.1, -0.05) is 12.1 Å². The van der Waals surface area contributed by atoms with Crippen molar-refractivity contribution in [3.63, 3.8) is 0 Å². The summed E-state index contributed by atoms with van der Waals surface area (Å²) in [5.41, 5.74) is 2.31. The zero-order valence-corrected chi connectivity index (χ0v) is 16.6. The van der Waals surface area contributed by atoms with Crippen molar-refractivity contribution < 1.29 is 14.2 Å². The molecule has 2 rings (SSSR count). The Labute approximate surface area is 162 Å². The fourth-order valence-electron chi connectivity index (χ4n) is 2.79. The zero-order valence-electron chi connectivity index (χ0n) is 16.6. The van der Waals surface area contributed by atoms with Crippen LogP contribution in [0.15, 0.2) is 29.3 Å². The molecule has 7 nitrogen and oxygen atoms in total. The van der Waals surface area contributed by atoms with Crippen molar-refractivity contribution >= 4 is 11.6 Å². The molecule has 0 bridgehead atoms. The van der Waals surface area contributed by atoms with Gasteiger partial charge in [0.2, 0.25) is 0 Å². The van der Waals surface area contributed by atoms with Crippen molar-refractivity contribution in [2.24, 2.45) is 10.9 Å². The highest BCUT2D eigenvalue weighted by Crippen LogP contribution is 2.12. The lowest BCUT2D eigenvalue weighted by Gasteiger charge is -2.13. The molecular weight excluding hydrogens is 344 g/mol. The molecule has 0 saturated carbocycles. The molecule has 27 heavy (non-hydrogen) atoms. The molecule has 1 saturated heterocycles. The standard InChI is InChI=1S/C20H34N4O3/c1-21-20(23-9-3-11-26-15-18-8-12-27-16-18)24-14-17-4-6-19(7-5-17)22-10-13-25-2/h4-7,18,22H,3,8-16H2,1-2H3,(H2,21,23,24). The summed E-state index contributed by atoms with van der Waals surface area (Å²) in [6.07, 6.45) is 2.08. The number of hydrogen-bond acceptors (Lipinski definition) is 5. The summed E-state index contributed by atoms with van der Waals surface area (Å²) in [5.74, 6) is 1.38. The Morgan fingerprint density at radius 1 is 1.19 bits per heavy atom. The van der Waals surface area contributed by atoms with Gasteiger partial charge in [-0.15, -0.1) is 0 Å². The van der Waals surface area contributed by atoms with Crippen LogP contribution in [0.4, 0.5) is 5.69 Å². The lowest BCUT2D eigenvalue weighted by Crippen LogP contribution is -2.37. The maximum atomic E-state index is 5.71. The molecule has 0 aromatic heterocycles. The molecule has 1 aromatic carbocycles. The van der Waals surface area contributed by atoms with Gasteiger partial charge < -0.3 is 30.2 Å². The number of methoxy groups -OCH3 is 1. The van der Waals surface area contributed by atoms with Gasteiger partial charge in [-0.05, 0) is 30.5 Å². The van der Waals surface area contributed by atoms with Gasteiger partial charge in [-0.2, -0.15) is 0 Å². The number of hydrogen-bond donors (Lipinski definition) is 3. The highest BCUT2D eigenvalue weighted by Gasteiger charge is 2.15. The molecule has 0 radical (unpaired) electrons. The number of benzene rings is 1. The van der Waals surface area contributed by atoms with Gasteiger partial charge in [0.1, 0.15) is 0 Å². The SMILES string of the molecule is CN=C(NCCCOCC1CCOC1)NCc1ccc(NCCOC)cc1. The van der Waals surface area contributed by atoms with Crippen molar-refractivity contribution in [2.75, 3.05) is 65.6 Å². The Hall–Kier alpha value is -1.83. The zero-order chi connectivity index (χ0) is 19.2. The largest absolute Gasteiger partial charge is 0.383 e. The summed E-state index contributed by atoms with van der Waals surface area (Å²) in [5, 5.41) is 9.97. The van der Waals surface area contributed by atoms with Crippen molar-refractivity contribution in [2.45, 2.75) is 19.4 Å². The predicted molar refractivity (Wildman–Crippen MR) is 109 cm³/mol. The van der Waals surface area contributed by atoms with Crippen LogP contribution in [0.2, 0.25) is 0 Å². The first kappa shape index (κ1) is 21.5. The molecule has 1 aromatic rings. The van der Waals surface area contributed by atoms with Crippen molar-refractivity contribution in [3.8, 4) is 0 Å². The molecule has 1 aliphatic rings. The minimum atomic E-state index is 0.578. The first-order valence-corrected chi connectivity index (χ1v) is 9.73. The smallest absolute Gasteiger partial charge is 0.191 e. The third-order valence-corrected chi connectivity index (χ3v) is 4.41. The summed E-state index contributed by atoms with van der Waals surface area (Å²) >= 11 is 0. The van der Waals surface area contributed by atoms with Gasteiger partial charge in [-0.25, -0.2) is 0 Å². The van der Waals surface area contributed by atoms with E-state index >= 15 is 0 Å². The molecule has 0 aliphatic carbocycles. The summed E-state index contributed by atoms with van der Waals surface area (Å²) in [6.45, 7) is 6.37. The van der Waals surface area contributed by atoms with Crippen molar-refractivity contribution in [1.29, 1.82) is 0 Å². The van der Waals surface area contributed by atoms with Crippen LogP contribution in [0.25, 0.3) is 0 Å². The summed E-state index contributed by atoms with van der Waals surface area (Å²) in [7, 11) is 3.49. The third-order valence-electron chi connectivity index (χ3n) is 4.41. The minimum absolute atomic E-state index is 0.578. The van der Waals surface area contributed by atoms with Gasteiger partial charge in [0.25, 0.3) is 0 Å². The highest BCUT2D eigenvalue weighted by molar-refractivity contribution is 5.79. The molecule has 1 atom stereocenters. The number of nitrogens with one attached hydrogen (secondary N) is 3. The Kier molecular flexibility index (Phi) is 10.6. The molecule has 0 amide bonds. The van der Waals surface area contributed by atoms with Gasteiger partial charge in [0.15, 0.2) is 5.96 Å². The van der Waals surface area contributed by atoms with Crippen LogP contribution in [0, 0.1) is 5.92 Å². The van der Waals surface area contributed by atoms with Crippen LogP contribution in [-0.2, 0) is 20.8 Å². The second-order valence-electron chi connectivity index (χ2n) is 6.63. The Morgan fingerprint density at radius 2 is 2.04 bits per heavy atom. The monoisotopic (exact) mass is 378 g/mol. The average Bonchev–Trinajstić information content (AvgIpc) is 3.21. The number of nitrogens with zero attached hydrogens (tertiary/aromatic N) is 1. The third kappa shape index (κ3) is 9.08. The van der Waals surface area contributed by atoms with Crippen LogP contribution in [0.1, 0.15) is 18.4 Å². The van der Waals surface area contributed by atoms with Gasteiger partial charge in [-0.3, -0.25) is 4.99 Å². The van der Waals surface area contributed by atoms with E-state index in [1.807, 2.05) is 0 Å². The molecule has 1 fully saturated rings. The fraction of sp³-hybridized carbons (Fsp3) is 0.650. The van der Waals surface area contributed by atoms with E-state index in [2.05, 4.69) is 45.2 Å². The van der Waals surface area contributed by atoms with Crippen molar-refractivity contribution in [1.82, 2.24) is 10.6 Å². The Bertz CT molecular complexity index is 531. The van der Waals surface area contributed by atoms with Crippen LogP contribution in [0.3, 0.4) is 0 Å². The fourth-order valence-corrected chi connectivity index (χ4v) is 2.79. The lowest BCUT2D eigenvalue weighted by molar-refractivity contribution is 0.0888. The number of guanidine groups is 1. The van der Waals surface area contributed by atoms with E-state index in [0.717, 1.165) is 70.6 Å². The lowest BCUT2D eigenvalue weighted by atomic mass is 10.1. The van der Waals surface area contributed by atoms with E-state index in [1.165, 1.54) is 5.56 Å². The molecule has 152 valence electrons. The number of ether oxygens (including phenoxy) is 3. The number of aliphatic imine (C=N–C) groups is 1. The maximum absolute atomic E-state index is 5.71. The molecule has 1 unspecified atom stereocenters. The van der Waals surface area contributed by atoms with E-state index in [9.17, 15) is 0 Å². The number of anilines is 1. The molecule has 1 heterocycles. The Balaban J connectivity index is 1.55. The van der Waals surface area contributed by atoms with Crippen LogP contribution in [-0.4, -0.2) is 66.2 Å². The van der Waals surface area contributed by atoms with Crippen LogP contribution in [0.5, 0.6) is 0 Å². The second kappa shape index (κ2) is 13.4. The summed E-state index contributed by atoms with van der Waals surface area (Å²) in [4.78, 5) is 4.26. The first-order valence-electron chi connectivity index (χ1n) is 9.73. The average molecular weight is 379 g/mol. The molecule has 7 heteroatoms. The van der Waals surface area contributed by atoms with Gasteiger partial charge >= 0.3 is 0 Å². The van der Waals surface area contributed by atoms with E-state index < -0.39 is 0 Å². The van der Waals surface area contributed by atoms with E-state index in [0.29, 0.717) is 12.5 Å². The van der Waals surface area contributed by atoms with E-state index in [4.69, 9.17) is 14.2 Å². The summed E-state index contributed by atoms with van der Waals surface area (Å²) in [6, 6.07) is 8.37. The second-order valence-corrected chi connectivity index (χ2v) is 6.63. The van der Waals surface area contributed by atoms with Crippen LogP contribution < -0.4 is 16.0 Å². The molecule has 3 N–H and O–H groups in total. The predicted octanol–water partition coefficient (Wildman–Crippen LogP) is 1.85. The molecule has 1 aliphatic heterocycles. The van der Waals surface area contributed by atoms with Gasteiger partial charge in [0.05, 0.1) is 19.8 Å². The normalized spacial score (nSPS) is 17.1. The molecular formula is C20H34N4O3. The van der Waals surface area contributed by atoms with E-state index in [1.54, 1.807) is 14.2 Å². The van der Waals surface area contributed by atoms with Gasteiger partial charge in [0, 0.05) is 58.6 Å². The molecule has 0 spiro atoms. The quantitative estimate of drug-likeness (QED) is 0.293. The Morgan fingerprint density at radius 3 is 2.74 bits per heavy atom. The highest BCUT2D eigenvalue weighted by atomic mass is 16.5. The first-order chi connectivity index (χ1) is 13.3. The number of rotatable bonds is 12. The van der Waals surface area contributed by atoms with Crippen molar-refractivity contribution in [3.05, 3.63) is 29.8 Å². The minimum Gasteiger partial charge on any atom is -0.383 e. The summed E-state index contributed by atoms with van der Waals surface area (Å²) < 4.78 is 16.1. The van der Waals surface area contributed by atoms with Crippen LogP contribution >= 0.6 is 0 Å².